The Balaban J connectivity index is 2.35. The van der Waals surface area contributed by atoms with Crippen molar-refractivity contribution in [3.05, 3.63) is 35.9 Å². The van der Waals surface area contributed by atoms with Crippen LogP contribution in [0.5, 0.6) is 0 Å². The summed E-state index contributed by atoms with van der Waals surface area (Å²) in [6.45, 7) is 1.83. The average Bonchev–Trinajstić information content (AvgIpc) is 2.58. The highest BCUT2D eigenvalue weighted by Crippen LogP contribution is 2.26. The van der Waals surface area contributed by atoms with Gasteiger partial charge < -0.3 is 15.6 Å². The maximum absolute atomic E-state index is 12.8. The molecule has 1 aromatic carbocycles. The van der Waals surface area contributed by atoms with Crippen LogP contribution in [0.4, 0.5) is 21.7 Å². The number of rotatable bonds is 2. The van der Waals surface area contributed by atoms with Crippen LogP contribution in [0.2, 0.25) is 0 Å². The van der Waals surface area contributed by atoms with Crippen LogP contribution in [-0.4, -0.2) is 17.0 Å². The second kappa shape index (κ2) is 3.84. The summed E-state index contributed by atoms with van der Waals surface area (Å²) in [5, 5.41) is 0. The minimum absolute atomic E-state index is 0.261. The number of nitrogen functional groups attached to an aromatic ring is 1. The molecule has 0 unspecified atom stereocenters. The molecule has 16 heavy (non-hydrogen) atoms. The van der Waals surface area contributed by atoms with E-state index in [1.807, 2.05) is 14.0 Å². The van der Waals surface area contributed by atoms with Crippen LogP contribution in [0.25, 0.3) is 0 Å². The van der Waals surface area contributed by atoms with E-state index in [0.29, 0.717) is 11.6 Å². The number of aryl methyl sites for hydroxylation is 1. The number of imidazole rings is 1. The van der Waals surface area contributed by atoms with E-state index in [9.17, 15) is 4.39 Å². The molecule has 1 aromatic heterocycles. The predicted molar refractivity (Wildman–Crippen MR) is 62.2 cm³/mol. The van der Waals surface area contributed by atoms with Crippen molar-refractivity contribution in [1.82, 2.24) is 9.97 Å². The van der Waals surface area contributed by atoms with Gasteiger partial charge in [0.25, 0.3) is 0 Å². The lowest BCUT2D eigenvalue weighted by molar-refractivity contribution is 0.628. The summed E-state index contributed by atoms with van der Waals surface area (Å²) in [5.74, 6) is 1.64. The first-order valence-electron chi connectivity index (χ1n) is 4.89. The summed E-state index contributed by atoms with van der Waals surface area (Å²) in [7, 11) is 1.83. The zero-order valence-corrected chi connectivity index (χ0v) is 9.16. The van der Waals surface area contributed by atoms with Gasteiger partial charge in [-0.3, -0.25) is 0 Å². The molecule has 0 fully saturated rings. The van der Waals surface area contributed by atoms with Crippen LogP contribution in [0.3, 0.4) is 0 Å². The molecule has 0 aliphatic heterocycles. The molecule has 1 heterocycles. The minimum atomic E-state index is -0.261. The fourth-order valence-electron chi connectivity index (χ4n) is 1.54. The van der Waals surface area contributed by atoms with Crippen LogP contribution in [0.1, 0.15) is 5.82 Å². The van der Waals surface area contributed by atoms with Gasteiger partial charge >= 0.3 is 0 Å². The molecule has 84 valence electrons. The number of benzene rings is 1. The molecule has 0 saturated carbocycles. The predicted octanol–water partition coefficient (Wildman–Crippen LogP) is 2.21. The number of hydrogen-bond donors (Lipinski definition) is 2. The Labute approximate surface area is 92.9 Å². The van der Waals surface area contributed by atoms with E-state index >= 15 is 0 Å². The van der Waals surface area contributed by atoms with Crippen molar-refractivity contribution >= 4 is 17.3 Å². The molecule has 2 rings (SSSR count). The van der Waals surface area contributed by atoms with Gasteiger partial charge in [0, 0.05) is 12.7 Å². The van der Waals surface area contributed by atoms with Crippen molar-refractivity contribution in [3.8, 4) is 0 Å². The Morgan fingerprint density at radius 2 is 1.94 bits per heavy atom. The zero-order valence-electron chi connectivity index (χ0n) is 9.16. The molecule has 5 heteroatoms. The third kappa shape index (κ3) is 1.84. The Kier molecular flexibility index (Phi) is 2.52. The van der Waals surface area contributed by atoms with Gasteiger partial charge in [-0.05, 0) is 31.2 Å². The molecule has 2 aromatic rings. The Morgan fingerprint density at radius 1 is 1.31 bits per heavy atom. The summed E-state index contributed by atoms with van der Waals surface area (Å²) in [6.07, 6.45) is 0. The molecule has 0 aliphatic rings. The average molecular weight is 220 g/mol. The van der Waals surface area contributed by atoms with Gasteiger partial charge in [0.1, 0.15) is 17.5 Å². The van der Waals surface area contributed by atoms with Gasteiger partial charge in [-0.1, -0.05) is 0 Å². The molecule has 0 bridgehead atoms. The zero-order chi connectivity index (χ0) is 11.7. The van der Waals surface area contributed by atoms with E-state index in [4.69, 9.17) is 5.73 Å². The number of anilines is 3. The van der Waals surface area contributed by atoms with Gasteiger partial charge in [-0.2, -0.15) is 0 Å². The van der Waals surface area contributed by atoms with Crippen molar-refractivity contribution in [1.29, 1.82) is 0 Å². The highest BCUT2D eigenvalue weighted by atomic mass is 19.1. The van der Waals surface area contributed by atoms with Crippen molar-refractivity contribution < 1.29 is 4.39 Å². The summed E-state index contributed by atoms with van der Waals surface area (Å²) in [5.41, 5.74) is 6.61. The maximum atomic E-state index is 12.8. The van der Waals surface area contributed by atoms with E-state index in [2.05, 4.69) is 9.97 Å². The van der Waals surface area contributed by atoms with Crippen LogP contribution in [0.15, 0.2) is 24.3 Å². The quantitative estimate of drug-likeness (QED) is 0.815. The first-order valence-corrected chi connectivity index (χ1v) is 4.89. The third-order valence-corrected chi connectivity index (χ3v) is 2.36. The van der Waals surface area contributed by atoms with Crippen LogP contribution in [0, 0.1) is 12.7 Å². The largest absolute Gasteiger partial charge is 0.382 e. The Hall–Kier alpha value is -2.04. The second-order valence-corrected chi connectivity index (χ2v) is 3.59. The van der Waals surface area contributed by atoms with Crippen molar-refractivity contribution in [3.63, 3.8) is 0 Å². The molecule has 0 aliphatic carbocycles. The molecule has 3 N–H and O–H groups in total. The highest BCUT2D eigenvalue weighted by molar-refractivity contribution is 5.68. The summed E-state index contributed by atoms with van der Waals surface area (Å²) >= 11 is 0. The fraction of sp³-hybridized carbons (Fsp3) is 0.182. The maximum Gasteiger partial charge on any atom is 0.175 e. The molecule has 4 nitrogen and oxygen atoms in total. The van der Waals surface area contributed by atoms with E-state index in [1.54, 1.807) is 17.0 Å². The van der Waals surface area contributed by atoms with Gasteiger partial charge in [-0.15, -0.1) is 0 Å². The van der Waals surface area contributed by atoms with Crippen molar-refractivity contribution in [2.75, 3.05) is 17.7 Å². The lowest BCUT2D eigenvalue weighted by Gasteiger charge is -2.16. The lowest BCUT2D eigenvalue weighted by atomic mass is 10.3. The molecule has 0 atom stereocenters. The molecule has 0 saturated heterocycles. The number of aromatic amines is 1. The van der Waals surface area contributed by atoms with Crippen molar-refractivity contribution in [2.24, 2.45) is 0 Å². The molecule has 0 spiro atoms. The summed E-state index contributed by atoms with van der Waals surface area (Å²) in [4.78, 5) is 8.98. The first-order chi connectivity index (χ1) is 7.58. The smallest absolute Gasteiger partial charge is 0.175 e. The van der Waals surface area contributed by atoms with Crippen LogP contribution < -0.4 is 10.6 Å². The van der Waals surface area contributed by atoms with E-state index in [-0.39, 0.29) is 5.82 Å². The number of nitrogens with zero attached hydrogens (tertiary/aromatic N) is 2. The molecular weight excluding hydrogens is 207 g/mol. The number of hydrogen-bond acceptors (Lipinski definition) is 3. The van der Waals surface area contributed by atoms with E-state index in [1.165, 1.54) is 12.1 Å². The summed E-state index contributed by atoms with van der Waals surface area (Å²) in [6, 6.07) is 6.17. The molecule has 0 radical (unpaired) electrons. The number of halogens is 1. The second-order valence-electron chi connectivity index (χ2n) is 3.59. The third-order valence-electron chi connectivity index (χ3n) is 2.36. The van der Waals surface area contributed by atoms with Gasteiger partial charge in [0.05, 0.1) is 0 Å². The van der Waals surface area contributed by atoms with Crippen LogP contribution >= 0.6 is 0 Å². The molecule has 0 amide bonds. The monoisotopic (exact) mass is 220 g/mol. The van der Waals surface area contributed by atoms with E-state index < -0.39 is 0 Å². The van der Waals surface area contributed by atoms with E-state index in [0.717, 1.165) is 11.5 Å². The standard InChI is InChI=1S/C11H13FN4/c1-7-14-10(13)11(15-7)16(2)9-5-3-8(12)4-6-9/h3-6H,13H2,1-2H3,(H,14,15). The van der Waals surface area contributed by atoms with Gasteiger partial charge in [0.2, 0.25) is 0 Å². The lowest BCUT2D eigenvalue weighted by Crippen LogP contribution is -2.11. The number of H-pyrrole nitrogens is 1. The number of nitrogens with one attached hydrogen (secondary N) is 1. The number of nitrogens with two attached hydrogens (primary N) is 1. The summed E-state index contributed by atoms with van der Waals surface area (Å²) < 4.78 is 12.8. The Bertz CT molecular complexity index is 489. The fourth-order valence-corrected chi connectivity index (χ4v) is 1.54. The molecular formula is C11H13FN4. The first kappa shape index (κ1) is 10.5. The topological polar surface area (TPSA) is 57.9 Å². The minimum Gasteiger partial charge on any atom is -0.382 e. The normalized spacial score (nSPS) is 10.4. The van der Waals surface area contributed by atoms with Gasteiger partial charge in [0.15, 0.2) is 5.82 Å². The van der Waals surface area contributed by atoms with Gasteiger partial charge in [-0.25, -0.2) is 9.37 Å². The SMILES string of the molecule is Cc1nc(N(C)c2ccc(F)cc2)c(N)[nH]1. The van der Waals surface area contributed by atoms with Crippen LogP contribution in [-0.2, 0) is 0 Å². The highest BCUT2D eigenvalue weighted by Gasteiger charge is 2.11. The Morgan fingerprint density at radius 3 is 2.44 bits per heavy atom. The van der Waals surface area contributed by atoms with Crippen molar-refractivity contribution in [2.45, 2.75) is 6.92 Å². The number of aromatic nitrogens is 2.